The second kappa shape index (κ2) is 4.47. The molecule has 0 aliphatic carbocycles. The molecule has 10 heavy (non-hydrogen) atoms. The van der Waals surface area contributed by atoms with Crippen LogP contribution in [0.25, 0.3) is 0 Å². The maximum Gasteiger partial charge on any atom is 0.0920 e. The van der Waals surface area contributed by atoms with E-state index in [4.69, 9.17) is 0 Å². The van der Waals surface area contributed by atoms with Gasteiger partial charge < -0.3 is 10.4 Å². The van der Waals surface area contributed by atoms with Gasteiger partial charge in [0.2, 0.25) is 0 Å². The summed E-state index contributed by atoms with van der Waals surface area (Å²) in [4.78, 5) is 0. The fraction of sp³-hybridized carbons (Fsp3) is 0.750. The van der Waals surface area contributed by atoms with Gasteiger partial charge in [-0.1, -0.05) is 13.0 Å². The summed E-state index contributed by atoms with van der Waals surface area (Å²) < 4.78 is 0. The third-order valence-corrected chi connectivity index (χ3v) is 1.35. The summed E-state index contributed by atoms with van der Waals surface area (Å²) in [6.45, 7) is 8.89. The first kappa shape index (κ1) is 9.66. The van der Waals surface area contributed by atoms with Crippen LogP contribution >= 0.6 is 0 Å². The Morgan fingerprint density at radius 3 is 2.70 bits per heavy atom. The Labute approximate surface area is 62.9 Å². The summed E-state index contributed by atoms with van der Waals surface area (Å²) >= 11 is 0. The Bertz CT molecular complexity index is 99.4. The normalized spacial score (nSPS) is 16.3. The van der Waals surface area contributed by atoms with E-state index in [0.29, 0.717) is 6.54 Å². The van der Waals surface area contributed by atoms with Crippen LogP contribution in [0, 0.1) is 0 Å². The summed E-state index contributed by atoms with van der Waals surface area (Å²) in [5.41, 5.74) is -0.755. The Kier molecular flexibility index (Phi) is 4.32. The van der Waals surface area contributed by atoms with Gasteiger partial charge in [0.1, 0.15) is 0 Å². The molecule has 0 aromatic carbocycles. The molecule has 0 aromatic rings. The topological polar surface area (TPSA) is 32.3 Å². The van der Waals surface area contributed by atoms with Crippen LogP contribution < -0.4 is 5.32 Å². The van der Waals surface area contributed by atoms with Crippen molar-refractivity contribution in [2.24, 2.45) is 0 Å². The SMILES string of the molecule is C=CC(C)(O)CNCCC. The number of nitrogens with one attached hydrogen (secondary N) is 1. The Morgan fingerprint density at radius 1 is 1.70 bits per heavy atom. The molecular weight excluding hydrogens is 126 g/mol. The van der Waals surface area contributed by atoms with Gasteiger partial charge in [-0.25, -0.2) is 0 Å². The standard InChI is InChI=1S/C8H17NO/c1-4-6-9-7-8(3,10)5-2/h5,9-10H,2,4,6-7H2,1,3H3. The van der Waals surface area contributed by atoms with Crippen LogP contribution in [-0.4, -0.2) is 23.8 Å². The van der Waals surface area contributed by atoms with Gasteiger partial charge in [0, 0.05) is 6.54 Å². The van der Waals surface area contributed by atoms with E-state index in [-0.39, 0.29) is 0 Å². The van der Waals surface area contributed by atoms with Crippen LogP contribution in [0.3, 0.4) is 0 Å². The average Bonchev–Trinajstić information content (AvgIpc) is 1.89. The van der Waals surface area contributed by atoms with E-state index in [2.05, 4.69) is 18.8 Å². The van der Waals surface area contributed by atoms with Crippen molar-refractivity contribution in [3.05, 3.63) is 12.7 Å². The minimum Gasteiger partial charge on any atom is -0.385 e. The molecule has 0 amide bonds. The van der Waals surface area contributed by atoms with Crippen molar-refractivity contribution in [3.8, 4) is 0 Å². The van der Waals surface area contributed by atoms with E-state index in [1.807, 2.05) is 0 Å². The molecule has 0 bridgehead atoms. The van der Waals surface area contributed by atoms with Gasteiger partial charge in [-0.3, -0.25) is 0 Å². The summed E-state index contributed by atoms with van der Waals surface area (Å²) in [5, 5.41) is 12.5. The molecule has 0 spiro atoms. The van der Waals surface area contributed by atoms with Crippen LogP contribution in [0.4, 0.5) is 0 Å². The highest BCUT2D eigenvalue weighted by Crippen LogP contribution is 2.00. The molecule has 0 aliphatic rings. The predicted molar refractivity (Wildman–Crippen MR) is 44.0 cm³/mol. The minimum absolute atomic E-state index is 0.588. The van der Waals surface area contributed by atoms with E-state index in [1.165, 1.54) is 0 Å². The monoisotopic (exact) mass is 143 g/mol. The third-order valence-electron chi connectivity index (χ3n) is 1.35. The lowest BCUT2D eigenvalue weighted by molar-refractivity contribution is 0.111. The molecular formula is C8H17NO. The van der Waals surface area contributed by atoms with Gasteiger partial charge in [-0.2, -0.15) is 0 Å². The Morgan fingerprint density at radius 2 is 2.30 bits per heavy atom. The molecule has 0 rings (SSSR count). The molecule has 1 unspecified atom stereocenters. The second-order valence-electron chi connectivity index (χ2n) is 2.74. The van der Waals surface area contributed by atoms with E-state index in [1.54, 1.807) is 13.0 Å². The van der Waals surface area contributed by atoms with Crippen molar-refractivity contribution in [2.45, 2.75) is 25.9 Å². The first-order chi connectivity index (χ1) is 4.62. The Hall–Kier alpha value is -0.340. The van der Waals surface area contributed by atoms with Crippen molar-refractivity contribution in [1.29, 1.82) is 0 Å². The fourth-order valence-electron chi connectivity index (χ4n) is 0.590. The average molecular weight is 143 g/mol. The highest BCUT2D eigenvalue weighted by molar-refractivity contribution is 4.93. The summed E-state index contributed by atoms with van der Waals surface area (Å²) in [7, 11) is 0. The number of rotatable bonds is 5. The van der Waals surface area contributed by atoms with E-state index < -0.39 is 5.60 Å². The predicted octanol–water partition coefficient (Wildman–Crippen LogP) is 0.923. The molecule has 0 fully saturated rings. The molecule has 0 aliphatic heterocycles. The molecule has 1 atom stereocenters. The van der Waals surface area contributed by atoms with Crippen molar-refractivity contribution >= 4 is 0 Å². The van der Waals surface area contributed by atoms with Crippen LogP contribution in [0.2, 0.25) is 0 Å². The first-order valence-electron chi connectivity index (χ1n) is 3.69. The van der Waals surface area contributed by atoms with E-state index in [0.717, 1.165) is 13.0 Å². The van der Waals surface area contributed by atoms with Gasteiger partial charge in [0.25, 0.3) is 0 Å². The highest BCUT2D eigenvalue weighted by Gasteiger charge is 2.12. The van der Waals surface area contributed by atoms with Crippen LogP contribution in [0.5, 0.6) is 0 Å². The third kappa shape index (κ3) is 4.53. The van der Waals surface area contributed by atoms with Crippen molar-refractivity contribution in [1.82, 2.24) is 5.32 Å². The van der Waals surface area contributed by atoms with Crippen LogP contribution in [-0.2, 0) is 0 Å². The van der Waals surface area contributed by atoms with E-state index in [9.17, 15) is 5.11 Å². The van der Waals surface area contributed by atoms with Crippen molar-refractivity contribution < 1.29 is 5.11 Å². The zero-order chi connectivity index (χ0) is 8.04. The molecule has 0 heterocycles. The lowest BCUT2D eigenvalue weighted by Crippen LogP contribution is -2.35. The minimum atomic E-state index is -0.755. The number of hydrogen-bond acceptors (Lipinski definition) is 2. The largest absolute Gasteiger partial charge is 0.385 e. The number of hydrogen-bond donors (Lipinski definition) is 2. The molecule has 0 radical (unpaired) electrons. The smallest absolute Gasteiger partial charge is 0.0920 e. The molecule has 0 saturated heterocycles. The molecule has 0 saturated carbocycles. The summed E-state index contributed by atoms with van der Waals surface area (Å²) in [6.07, 6.45) is 2.64. The fourth-order valence-corrected chi connectivity index (χ4v) is 0.590. The molecule has 2 N–H and O–H groups in total. The summed E-state index contributed by atoms with van der Waals surface area (Å²) in [6, 6.07) is 0. The number of aliphatic hydroxyl groups is 1. The molecule has 2 heteroatoms. The maximum atomic E-state index is 9.37. The van der Waals surface area contributed by atoms with Crippen LogP contribution in [0.15, 0.2) is 12.7 Å². The van der Waals surface area contributed by atoms with Crippen molar-refractivity contribution in [2.75, 3.05) is 13.1 Å². The van der Waals surface area contributed by atoms with Gasteiger partial charge in [0.05, 0.1) is 5.60 Å². The Balaban J connectivity index is 3.37. The van der Waals surface area contributed by atoms with Gasteiger partial charge in [0.15, 0.2) is 0 Å². The van der Waals surface area contributed by atoms with Gasteiger partial charge >= 0.3 is 0 Å². The quantitative estimate of drug-likeness (QED) is 0.443. The second-order valence-corrected chi connectivity index (χ2v) is 2.74. The molecule has 2 nitrogen and oxygen atoms in total. The summed E-state index contributed by atoms with van der Waals surface area (Å²) in [5.74, 6) is 0. The molecule has 0 aromatic heterocycles. The van der Waals surface area contributed by atoms with Crippen molar-refractivity contribution in [3.63, 3.8) is 0 Å². The van der Waals surface area contributed by atoms with Gasteiger partial charge in [-0.15, -0.1) is 6.58 Å². The first-order valence-corrected chi connectivity index (χ1v) is 3.69. The zero-order valence-corrected chi connectivity index (χ0v) is 6.85. The van der Waals surface area contributed by atoms with Gasteiger partial charge in [-0.05, 0) is 19.9 Å². The maximum absolute atomic E-state index is 9.37. The zero-order valence-electron chi connectivity index (χ0n) is 6.85. The van der Waals surface area contributed by atoms with Crippen LogP contribution in [0.1, 0.15) is 20.3 Å². The lowest BCUT2D eigenvalue weighted by atomic mass is 10.1. The molecule has 60 valence electrons. The lowest BCUT2D eigenvalue weighted by Gasteiger charge is -2.18. The highest BCUT2D eigenvalue weighted by atomic mass is 16.3. The van der Waals surface area contributed by atoms with E-state index >= 15 is 0 Å².